The summed E-state index contributed by atoms with van der Waals surface area (Å²) in [6, 6.07) is 2.77. The molecule has 0 saturated carbocycles. The maximum atomic E-state index is 13.6. The van der Waals surface area contributed by atoms with Gasteiger partial charge in [-0.1, -0.05) is 12.1 Å². The zero-order chi connectivity index (χ0) is 10.1. The third kappa shape index (κ3) is 1.44. The van der Waals surface area contributed by atoms with Crippen molar-refractivity contribution in [2.24, 2.45) is 0 Å². The van der Waals surface area contributed by atoms with Gasteiger partial charge in [-0.05, 0) is 24.1 Å². The predicted octanol–water partition coefficient (Wildman–Crippen LogP) is 2.26. The Morgan fingerprint density at radius 3 is 2.71 bits per heavy atom. The topological polar surface area (TPSA) is 12.0 Å². The van der Waals surface area contributed by atoms with Gasteiger partial charge in [0.1, 0.15) is 11.6 Å². The fourth-order valence-corrected chi connectivity index (χ4v) is 1.62. The first-order valence-electron chi connectivity index (χ1n) is 4.55. The van der Waals surface area contributed by atoms with E-state index in [9.17, 15) is 8.78 Å². The Hall–Kier alpha value is -1.22. The summed E-state index contributed by atoms with van der Waals surface area (Å²) in [6.45, 7) is 2.86. The highest BCUT2D eigenvalue weighted by atomic mass is 19.1. The highest BCUT2D eigenvalue weighted by Gasteiger charge is 2.17. The van der Waals surface area contributed by atoms with Gasteiger partial charge >= 0.3 is 0 Å². The number of nitrogens with one attached hydrogen (secondary N) is 1. The molecule has 0 spiro atoms. The molecule has 1 aromatic rings. The molecule has 1 N–H and O–H groups in total. The summed E-state index contributed by atoms with van der Waals surface area (Å²) in [6.07, 6.45) is 1.82. The molecule has 1 aliphatic heterocycles. The van der Waals surface area contributed by atoms with Crippen LogP contribution in [0.5, 0.6) is 0 Å². The van der Waals surface area contributed by atoms with Crippen LogP contribution in [0.1, 0.15) is 11.1 Å². The van der Waals surface area contributed by atoms with E-state index in [1.54, 1.807) is 6.92 Å². The van der Waals surface area contributed by atoms with E-state index >= 15 is 0 Å². The van der Waals surface area contributed by atoms with Crippen molar-refractivity contribution in [1.82, 2.24) is 5.32 Å². The Balaban J connectivity index is 2.55. The van der Waals surface area contributed by atoms with E-state index < -0.39 is 11.6 Å². The van der Waals surface area contributed by atoms with Crippen LogP contribution >= 0.6 is 0 Å². The molecule has 0 bridgehead atoms. The molecule has 3 heteroatoms. The van der Waals surface area contributed by atoms with E-state index in [4.69, 9.17) is 0 Å². The molecule has 1 aromatic carbocycles. The summed E-state index contributed by atoms with van der Waals surface area (Å²) in [5.41, 5.74) is 1.31. The van der Waals surface area contributed by atoms with Crippen LogP contribution in [-0.4, -0.2) is 13.1 Å². The van der Waals surface area contributed by atoms with Crippen LogP contribution in [0, 0.1) is 18.6 Å². The molecular formula is C11H11F2N. The second-order valence-electron chi connectivity index (χ2n) is 3.41. The van der Waals surface area contributed by atoms with Crippen LogP contribution in [0.15, 0.2) is 18.2 Å². The quantitative estimate of drug-likeness (QED) is 0.724. The van der Waals surface area contributed by atoms with Gasteiger partial charge in [0.25, 0.3) is 0 Å². The van der Waals surface area contributed by atoms with Crippen molar-refractivity contribution in [2.45, 2.75) is 6.92 Å². The van der Waals surface area contributed by atoms with Crippen molar-refractivity contribution < 1.29 is 8.78 Å². The van der Waals surface area contributed by atoms with Crippen molar-refractivity contribution in [3.8, 4) is 0 Å². The molecule has 1 heterocycles. The highest BCUT2D eigenvalue weighted by molar-refractivity contribution is 5.70. The van der Waals surface area contributed by atoms with E-state index in [0.717, 1.165) is 0 Å². The van der Waals surface area contributed by atoms with Gasteiger partial charge in [0.05, 0.1) is 5.56 Å². The summed E-state index contributed by atoms with van der Waals surface area (Å²) >= 11 is 0. The number of hydrogen-bond donors (Lipinski definition) is 1. The molecular weight excluding hydrogens is 184 g/mol. The van der Waals surface area contributed by atoms with Crippen molar-refractivity contribution in [1.29, 1.82) is 0 Å². The summed E-state index contributed by atoms with van der Waals surface area (Å²) in [7, 11) is 0. The van der Waals surface area contributed by atoms with Crippen molar-refractivity contribution in [2.75, 3.05) is 13.1 Å². The zero-order valence-electron chi connectivity index (χ0n) is 7.90. The zero-order valence-corrected chi connectivity index (χ0v) is 7.90. The molecule has 0 amide bonds. The van der Waals surface area contributed by atoms with Crippen molar-refractivity contribution >= 4 is 5.57 Å². The molecule has 0 aromatic heterocycles. The number of benzene rings is 1. The highest BCUT2D eigenvalue weighted by Crippen LogP contribution is 2.25. The van der Waals surface area contributed by atoms with E-state index in [1.807, 2.05) is 6.08 Å². The van der Waals surface area contributed by atoms with Crippen LogP contribution in [0.3, 0.4) is 0 Å². The van der Waals surface area contributed by atoms with Crippen LogP contribution in [0.4, 0.5) is 8.78 Å². The molecule has 1 aliphatic rings. The van der Waals surface area contributed by atoms with Gasteiger partial charge < -0.3 is 5.32 Å². The first-order chi connectivity index (χ1) is 6.70. The molecule has 1 nitrogen and oxygen atoms in total. The third-order valence-corrected chi connectivity index (χ3v) is 2.41. The number of rotatable bonds is 1. The fraction of sp³-hybridized carbons (Fsp3) is 0.273. The molecule has 0 radical (unpaired) electrons. The summed E-state index contributed by atoms with van der Waals surface area (Å²) in [4.78, 5) is 0. The Morgan fingerprint density at radius 1 is 1.29 bits per heavy atom. The molecule has 0 atom stereocenters. The van der Waals surface area contributed by atoms with Gasteiger partial charge in [0.15, 0.2) is 0 Å². The first kappa shape index (κ1) is 9.34. The minimum absolute atomic E-state index is 0.120. The van der Waals surface area contributed by atoms with Crippen LogP contribution < -0.4 is 5.32 Å². The third-order valence-electron chi connectivity index (χ3n) is 2.41. The summed E-state index contributed by atoms with van der Waals surface area (Å²) < 4.78 is 27.0. The minimum atomic E-state index is -0.483. The number of hydrogen-bond acceptors (Lipinski definition) is 1. The lowest BCUT2D eigenvalue weighted by atomic mass is 10.0. The lowest BCUT2D eigenvalue weighted by Gasteiger charge is -2.07. The Kier molecular flexibility index (Phi) is 2.33. The van der Waals surface area contributed by atoms with Crippen LogP contribution in [-0.2, 0) is 0 Å². The monoisotopic (exact) mass is 195 g/mol. The van der Waals surface area contributed by atoms with E-state index in [-0.39, 0.29) is 5.56 Å². The molecule has 0 unspecified atom stereocenters. The van der Waals surface area contributed by atoms with Gasteiger partial charge in [-0.2, -0.15) is 0 Å². The van der Waals surface area contributed by atoms with Gasteiger partial charge in [-0.25, -0.2) is 8.78 Å². The van der Waals surface area contributed by atoms with Crippen LogP contribution in [0.2, 0.25) is 0 Å². The average molecular weight is 195 g/mol. The Morgan fingerprint density at radius 2 is 2.07 bits per heavy atom. The molecule has 2 rings (SSSR count). The van der Waals surface area contributed by atoms with E-state index in [0.29, 0.717) is 24.2 Å². The van der Waals surface area contributed by atoms with Gasteiger partial charge in [0, 0.05) is 13.1 Å². The Labute approximate surface area is 81.4 Å². The van der Waals surface area contributed by atoms with Gasteiger partial charge in [-0.15, -0.1) is 0 Å². The number of halogens is 2. The normalized spacial score (nSPS) is 15.8. The molecule has 0 fully saturated rings. The first-order valence-corrected chi connectivity index (χ1v) is 4.55. The maximum Gasteiger partial charge on any atom is 0.136 e. The predicted molar refractivity (Wildman–Crippen MR) is 51.9 cm³/mol. The summed E-state index contributed by atoms with van der Waals surface area (Å²) in [5.74, 6) is -0.928. The molecule has 0 saturated heterocycles. The van der Waals surface area contributed by atoms with E-state index in [1.165, 1.54) is 12.1 Å². The Bertz CT molecular complexity index is 397. The standard InChI is InChI=1S/C11H11F2N/c1-7-2-3-9(12)10(11(7)13)8-4-5-14-6-8/h2-4,14H,5-6H2,1H3. The molecule has 0 aliphatic carbocycles. The lowest BCUT2D eigenvalue weighted by Crippen LogP contribution is -2.09. The van der Waals surface area contributed by atoms with E-state index in [2.05, 4.69) is 5.32 Å². The SMILES string of the molecule is Cc1ccc(F)c(C2=CCNC2)c1F. The maximum absolute atomic E-state index is 13.6. The van der Waals surface area contributed by atoms with Crippen molar-refractivity contribution in [3.05, 3.63) is 41.0 Å². The van der Waals surface area contributed by atoms with Gasteiger partial charge in [-0.3, -0.25) is 0 Å². The molecule has 14 heavy (non-hydrogen) atoms. The second kappa shape index (κ2) is 3.50. The average Bonchev–Trinajstić information content (AvgIpc) is 2.65. The summed E-state index contributed by atoms with van der Waals surface area (Å²) in [5, 5.41) is 3.02. The van der Waals surface area contributed by atoms with Gasteiger partial charge in [0.2, 0.25) is 0 Å². The second-order valence-corrected chi connectivity index (χ2v) is 3.41. The largest absolute Gasteiger partial charge is 0.309 e. The molecule has 74 valence electrons. The smallest absolute Gasteiger partial charge is 0.136 e. The minimum Gasteiger partial charge on any atom is -0.309 e. The van der Waals surface area contributed by atoms with Crippen LogP contribution in [0.25, 0.3) is 5.57 Å². The van der Waals surface area contributed by atoms with Crippen molar-refractivity contribution in [3.63, 3.8) is 0 Å². The fourth-order valence-electron chi connectivity index (χ4n) is 1.62. The number of aryl methyl sites for hydroxylation is 1. The lowest BCUT2D eigenvalue weighted by molar-refractivity contribution is 0.570.